The number of hydrogen-bond acceptors (Lipinski definition) is 5. The molecular formula is C32H29N3O2S. The number of anilines is 1. The highest BCUT2D eigenvalue weighted by Crippen LogP contribution is 2.39. The number of nitrogens with zero attached hydrogens (tertiary/aromatic N) is 2. The molecule has 0 fully saturated rings. The molecule has 5 nitrogen and oxygen atoms in total. The molecule has 0 bridgehead atoms. The van der Waals surface area contributed by atoms with Gasteiger partial charge in [-0.2, -0.15) is 5.26 Å². The summed E-state index contributed by atoms with van der Waals surface area (Å²) in [6.07, 6.45) is 8.30. The summed E-state index contributed by atoms with van der Waals surface area (Å²) >= 11 is 1.63. The molecule has 0 atom stereocenters. The topological polar surface area (TPSA) is 74.5 Å². The molecule has 0 radical (unpaired) electrons. The lowest BCUT2D eigenvalue weighted by Crippen LogP contribution is -2.14. The molecule has 1 amide bonds. The Labute approximate surface area is 227 Å². The van der Waals surface area contributed by atoms with Gasteiger partial charge in [0, 0.05) is 27.9 Å². The van der Waals surface area contributed by atoms with E-state index in [9.17, 15) is 10.1 Å². The Kier molecular flexibility index (Phi) is 8.27. The largest absolute Gasteiger partial charge is 0.488 e. The van der Waals surface area contributed by atoms with Crippen LogP contribution in [0.15, 0.2) is 83.9 Å². The van der Waals surface area contributed by atoms with E-state index >= 15 is 0 Å². The first-order valence-corrected chi connectivity index (χ1v) is 13.8. The molecular weight excluding hydrogens is 490 g/mol. The van der Waals surface area contributed by atoms with Crippen molar-refractivity contribution in [3.05, 3.63) is 112 Å². The zero-order chi connectivity index (χ0) is 26.2. The number of fused-ring (bicyclic) bond motifs is 1. The molecule has 0 unspecified atom stereocenters. The molecule has 190 valence electrons. The SMILES string of the molecule is N#Cc1ccccc1COc1ccccc1C=Nc1sc2c(c1C(=O)Nc1ccccc1)CCCCCC2. The van der Waals surface area contributed by atoms with Crippen LogP contribution in [0.2, 0.25) is 0 Å². The molecule has 4 aromatic rings. The van der Waals surface area contributed by atoms with Crippen LogP contribution in [-0.4, -0.2) is 12.1 Å². The average Bonchev–Trinajstić information content (AvgIpc) is 3.28. The number of carbonyl (C=O) groups is 1. The number of rotatable bonds is 7. The van der Waals surface area contributed by atoms with Gasteiger partial charge >= 0.3 is 0 Å². The molecule has 1 aliphatic rings. The number of aryl methyl sites for hydroxylation is 1. The second kappa shape index (κ2) is 12.4. The van der Waals surface area contributed by atoms with Gasteiger partial charge in [-0.3, -0.25) is 4.79 Å². The van der Waals surface area contributed by atoms with E-state index in [4.69, 9.17) is 9.73 Å². The minimum absolute atomic E-state index is 0.112. The summed E-state index contributed by atoms with van der Waals surface area (Å²) in [6.45, 7) is 0.284. The van der Waals surface area contributed by atoms with Gasteiger partial charge in [-0.25, -0.2) is 4.99 Å². The van der Waals surface area contributed by atoms with Crippen LogP contribution < -0.4 is 10.1 Å². The third-order valence-corrected chi connectivity index (χ3v) is 7.87. The van der Waals surface area contributed by atoms with Gasteiger partial charge in [0.15, 0.2) is 0 Å². The van der Waals surface area contributed by atoms with Gasteiger partial charge in [0.2, 0.25) is 0 Å². The number of para-hydroxylation sites is 2. The van der Waals surface area contributed by atoms with E-state index in [-0.39, 0.29) is 12.5 Å². The fourth-order valence-corrected chi connectivity index (χ4v) is 5.93. The summed E-state index contributed by atoms with van der Waals surface area (Å²) < 4.78 is 6.11. The van der Waals surface area contributed by atoms with E-state index in [1.807, 2.05) is 72.8 Å². The lowest BCUT2D eigenvalue weighted by molar-refractivity contribution is 0.102. The number of aliphatic imine (C=N–C) groups is 1. The van der Waals surface area contributed by atoms with E-state index in [2.05, 4.69) is 11.4 Å². The van der Waals surface area contributed by atoms with Crippen LogP contribution in [0.1, 0.15) is 63.2 Å². The molecule has 3 aromatic carbocycles. The quantitative estimate of drug-likeness (QED) is 0.253. The van der Waals surface area contributed by atoms with Crippen molar-refractivity contribution in [3.63, 3.8) is 0 Å². The van der Waals surface area contributed by atoms with Gasteiger partial charge < -0.3 is 10.1 Å². The molecule has 1 aromatic heterocycles. The van der Waals surface area contributed by atoms with Crippen LogP contribution in [0, 0.1) is 11.3 Å². The third-order valence-electron chi connectivity index (χ3n) is 6.67. The summed E-state index contributed by atoms with van der Waals surface area (Å²) in [6, 6.07) is 26.9. The van der Waals surface area contributed by atoms with Crippen LogP contribution in [0.25, 0.3) is 0 Å². The highest BCUT2D eigenvalue weighted by molar-refractivity contribution is 7.16. The molecule has 1 aliphatic carbocycles. The van der Waals surface area contributed by atoms with Crippen LogP contribution in [0.5, 0.6) is 5.75 Å². The molecule has 0 saturated heterocycles. The normalized spacial score (nSPS) is 13.2. The minimum atomic E-state index is -0.112. The Morgan fingerprint density at radius 1 is 0.947 bits per heavy atom. The molecule has 0 aliphatic heterocycles. The zero-order valence-corrected chi connectivity index (χ0v) is 22.0. The molecule has 0 saturated carbocycles. The minimum Gasteiger partial charge on any atom is -0.488 e. The molecule has 0 spiro atoms. The maximum absolute atomic E-state index is 13.5. The van der Waals surface area contributed by atoms with Gasteiger partial charge in [0.1, 0.15) is 17.4 Å². The number of hydrogen-bond donors (Lipinski definition) is 1. The Bertz CT molecular complexity index is 1480. The average molecular weight is 520 g/mol. The van der Waals surface area contributed by atoms with Crippen molar-refractivity contribution in [2.75, 3.05) is 5.32 Å². The maximum Gasteiger partial charge on any atom is 0.259 e. The first kappa shape index (κ1) is 25.4. The second-order valence-corrected chi connectivity index (χ2v) is 10.4. The molecule has 5 rings (SSSR count). The van der Waals surface area contributed by atoms with Crippen molar-refractivity contribution in [2.45, 2.75) is 45.1 Å². The first-order chi connectivity index (χ1) is 18.7. The third kappa shape index (κ3) is 6.01. The number of benzene rings is 3. The van der Waals surface area contributed by atoms with E-state index < -0.39 is 0 Å². The molecule has 38 heavy (non-hydrogen) atoms. The van der Waals surface area contributed by atoms with Gasteiger partial charge in [-0.15, -0.1) is 11.3 Å². The van der Waals surface area contributed by atoms with Crippen molar-refractivity contribution in [1.82, 2.24) is 0 Å². The van der Waals surface area contributed by atoms with E-state index in [0.29, 0.717) is 16.9 Å². The number of amides is 1. The summed E-state index contributed by atoms with van der Waals surface area (Å²) in [7, 11) is 0. The monoisotopic (exact) mass is 519 g/mol. The number of carbonyl (C=O) groups excluding carboxylic acids is 1. The summed E-state index contributed by atoms with van der Waals surface area (Å²) in [5.74, 6) is 0.563. The van der Waals surface area contributed by atoms with Crippen molar-refractivity contribution in [3.8, 4) is 11.8 Å². The van der Waals surface area contributed by atoms with Crippen LogP contribution in [-0.2, 0) is 19.4 Å². The van der Waals surface area contributed by atoms with E-state index in [1.54, 1.807) is 23.6 Å². The Morgan fingerprint density at radius 2 is 1.68 bits per heavy atom. The predicted molar refractivity (Wildman–Crippen MR) is 154 cm³/mol. The van der Waals surface area contributed by atoms with Gasteiger partial charge in [-0.05, 0) is 61.6 Å². The Balaban J connectivity index is 1.44. The standard InChI is InChI=1S/C32H29N3O2S/c33-20-23-12-8-9-14-25(23)22-37-28-18-11-10-13-24(28)21-34-32-30(31(36)35-26-15-4-3-5-16-26)27-17-6-1-2-7-19-29(27)38-32/h3-5,8-16,18,21H,1-2,6-7,17,19,22H2,(H,35,36). The molecule has 1 heterocycles. The van der Waals surface area contributed by atoms with Gasteiger partial charge in [0.25, 0.3) is 5.91 Å². The number of nitrogens with one attached hydrogen (secondary N) is 1. The molecule has 1 N–H and O–H groups in total. The molecule has 6 heteroatoms. The Hall–Kier alpha value is -4.21. The van der Waals surface area contributed by atoms with E-state index in [0.717, 1.165) is 53.1 Å². The lowest BCUT2D eigenvalue weighted by atomic mass is 9.96. The Morgan fingerprint density at radius 3 is 2.53 bits per heavy atom. The van der Waals surface area contributed by atoms with Crippen LogP contribution in [0.3, 0.4) is 0 Å². The fraction of sp³-hybridized carbons (Fsp3) is 0.219. The highest BCUT2D eigenvalue weighted by Gasteiger charge is 2.24. The van der Waals surface area contributed by atoms with Crippen molar-refractivity contribution in [1.29, 1.82) is 5.26 Å². The summed E-state index contributed by atoms with van der Waals surface area (Å²) in [5.41, 5.74) is 4.86. The second-order valence-electron chi connectivity index (χ2n) is 9.27. The van der Waals surface area contributed by atoms with Crippen LogP contribution >= 0.6 is 11.3 Å². The predicted octanol–water partition coefficient (Wildman–Crippen LogP) is 7.86. The van der Waals surface area contributed by atoms with Gasteiger partial charge in [-0.1, -0.05) is 61.4 Å². The fourth-order valence-electron chi connectivity index (χ4n) is 4.70. The van der Waals surface area contributed by atoms with Crippen molar-refractivity contribution < 1.29 is 9.53 Å². The highest BCUT2D eigenvalue weighted by atomic mass is 32.1. The smallest absolute Gasteiger partial charge is 0.259 e. The lowest BCUT2D eigenvalue weighted by Gasteiger charge is -2.12. The van der Waals surface area contributed by atoms with Gasteiger partial charge in [0.05, 0.1) is 17.2 Å². The van der Waals surface area contributed by atoms with E-state index in [1.165, 1.54) is 17.7 Å². The number of nitriles is 1. The number of ether oxygens (including phenoxy) is 1. The maximum atomic E-state index is 13.5. The van der Waals surface area contributed by atoms with Crippen LogP contribution in [0.4, 0.5) is 10.7 Å². The number of thiophene rings is 1. The van der Waals surface area contributed by atoms with Crippen molar-refractivity contribution >= 4 is 34.1 Å². The zero-order valence-electron chi connectivity index (χ0n) is 21.2. The van der Waals surface area contributed by atoms with Crippen molar-refractivity contribution in [2.24, 2.45) is 4.99 Å². The summed E-state index contributed by atoms with van der Waals surface area (Å²) in [5, 5.41) is 13.2. The first-order valence-electron chi connectivity index (χ1n) is 13.0. The summed E-state index contributed by atoms with van der Waals surface area (Å²) in [4.78, 5) is 19.7.